The number of nitrogens with one attached hydrogen (secondary N) is 1. The van der Waals surface area contributed by atoms with E-state index in [4.69, 9.17) is 10.5 Å². The molecule has 1 rings (SSSR count). The Kier molecular flexibility index (Phi) is 5.85. The Morgan fingerprint density at radius 3 is 2.62 bits per heavy atom. The van der Waals surface area contributed by atoms with Crippen LogP contribution in [-0.2, 0) is 4.79 Å². The highest BCUT2D eigenvalue weighted by Gasteiger charge is 2.10. The summed E-state index contributed by atoms with van der Waals surface area (Å²) in [6.07, 6.45) is 0. The highest BCUT2D eigenvalue weighted by Crippen LogP contribution is 2.25. The highest BCUT2D eigenvalue weighted by atomic mass is 35.5. The maximum atomic E-state index is 11.4. The Morgan fingerprint density at radius 1 is 1.50 bits per heavy atom. The van der Waals surface area contributed by atoms with Crippen molar-refractivity contribution in [2.24, 2.45) is 5.73 Å². The number of carbonyl (C=O) groups is 1. The van der Waals surface area contributed by atoms with Crippen LogP contribution in [0.25, 0.3) is 0 Å². The average Bonchev–Trinajstić information content (AvgIpc) is 2.18. The smallest absolute Gasteiger partial charge is 0.241 e. The minimum atomic E-state index is -0.532. The topological polar surface area (TPSA) is 64.3 Å². The molecule has 0 bridgehead atoms. The summed E-state index contributed by atoms with van der Waals surface area (Å²) in [5.41, 5.74) is 7.16. The third-order valence-corrected chi connectivity index (χ3v) is 2.03. The van der Waals surface area contributed by atoms with Crippen LogP contribution in [0.5, 0.6) is 5.75 Å². The van der Waals surface area contributed by atoms with Gasteiger partial charge in [0.1, 0.15) is 5.75 Å². The normalized spacial score (nSPS) is 11.2. The highest BCUT2D eigenvalue weighted by molar-refractivity contribution is 5.95. The van der Waals surface area contributed by atoms with Crippen LogP contribution >= 0.6 is 12.4 Å². The first-order chi connectivity index (χ1) is 7.04. The minimum Gasteiger partial charge on any atom is -0.495 e. The average molecular weight is 245 g/mol. The number of amides is 1. The number of carbonyl (C=O) groups excluding carboxylic acids is 1. The molecule has 0 saturated carbocycles. The third-order valence-electron chi connectivity index (χ3n) is 2.03. The van der Waals surface area contributed by atoms with E-state index in [1.807, 2.05) is 25.1 Å². The van der Waals surface area contributed by atoms with Crippen LogP contribution in [0.3, 0.4) is 0 Å². The SMILES string of the molecule is COc1ccc(C)cc1NC(=O)[C@H](C)N.Cl. The molecule has 0 aromatic heterocycles. The molecule has 0 aliphatic heterocycles. The molecule has 0 aliphatic rings. The van der Waals surface area contributed by atoms with Crippen LogP contribution in [0.2, 0.25) is 0 Å². The molecule has 16 heavy (non-hydrogen) atoms. The van der Waals surface area contributed by atoms with Gasteiger partial charge in [-0.05, 0) is 31.5 Å². The number of halogens is 1. The summed E-state index contributed by atoms with van der Waals surface area (Å²) >= 11 is 0. The lowest BCUT2D eigenvalue weighted by atomic mass is 10.2. The van der Waals surface area contributed by atoms with E-state index in [1.165, 1.54) is 0 Å². The lowest BCUT2D eigenvalue weighted by Gasteiger charge is -2.12. The van der Waals surface area contributed by atoms with Crippen LogP contribution in [0.15, 0.2) is 18.2 Å². The number of ether oxygens (including phenoxy) is 1. The van der Waals surface area contributed by atoms with E-state index in [1.54, 1.807) is 14.0 Å². The zero-order valence-corrected chi connectivity index (χ0v) is 10.4. The predicted molar refractivity (Wildman–Crippen MR) is 67.3 cm³/mol. The fourth-order valence-electron chi connectivity index (χ4n) is 1.17. The second-order valence-corrected chi connectivity index (χ2v) is 3.48. The Balaban J connectivity index is 0.00000225. The number of benzene rings is 1. The number of hydrogen-bond donors (Lipinski definition) is 2. The van der Waals surface area contributed by atoms with Crippen molar-refractivity contribution >= 4 is 24.0 Å². The van der Waals surface area contributed by atoms with Gasteiger partial charge in [0.15, 0.2) is 0 Å². The summed E-state index contributed by atoms with van der Waals surface area (Å²) < 4.78 is 5.13. The van der Waals surface area contributed by atoms with Crippen LogP contribution in [-0.4, -0.2) is 19.1 Å². The largest absolute Gasteiger partial charge is 0.495 e. The first kappa shape index (κ1) is 14.7. The van der Waals surface area contributed by atoms with Crippen molar-refractivity contribution in [1.29, 1.82) is 0 Å². The number of hydrogen-bond acceptors (Lipinski definition) is 3. The molecule has 1 aromatic carbocycles. The molecule has 1 amide bonds. The van der Waals surface area contributed by atoms with Crippen LogP contribution in [0.1, 0.15) is 12.5 Å². The first-order valence-corrected chi connectivity index (χ1v) is 4.75. The predicted octanol–water partition coefficient (Wildman–Crippen LogP) is 1.71. The molecule has 0 unspecified atom stereocenters. The van der Waals surface area contributed by atoms with Crippen molar-refractivity contribution in [3.8, 4) is 5.75 Å². The van der Waals surface area contributed by atoms with Crippen molar-refractivity contribution in [2.75, 3.05) is 12.4 Å². The molecule has 1 aromatic rings. The second kappa shape index (κ2) is 6.35. The number of aryl methyl sites for hydroxylation is 1. The molecule has 0 aliphatic carbocycles. The molecular formula is C11H17ClN2O2. The maximum Gasteiger partial charge on any atom is 0.241 e. The fourth-order valence-corrected chi connectivity index (χ4v) is 1.17. The van der Waals surface area contributed by atoms with Crippen molar-refractivity contribution in [1.82, 2.24) is 0 Å². The van der Waals surface area contributed by atoms with E-state index >= 15 is 0 Å². The minimum absolute atomic E-state index is 0. The summed E-state index contributed by atoms with van der Waals surface area (Å²) in [6.45, 7) is 3.58. The van der Waals surface area contributed by atoms with Gasteiger partial charge in [-0.25, -0.2) is 0 Å². The monoisotopic (exact) mass is 244 g/mol. The lowest BCUT2D eigenvalue weighted by molar-refractivity contribution is -0.117. The van der Waals surface area contributed by atoms with E-state index in [0.29, 0.717) is 11.4 Å². The van der Waals surface area contributed by atoms with Gasteiger partial charge in [-0.2, -0.15) is 0 Å². The quantitative estimate of drug-likeness (QED) is 0.851. The number of nitrogens with two attached hydrogens (primary N) is 1. The first-order valence-electron chi connectivity index (χ1n) is 4.75. The van der Waals surface area contributed by atoms with Gasteiger partial charge in [0.2, 0.25) is 5.91 Å². The summed E-state index contributed by atoms with van der Waals surface area (Å²) in [6, 6.07) is 5.04. The van der Waals surface area contributed by atoms with Crippen molar-refractivity contribution < 1.29 is 9.53 Å². The summed E-state index contributed by atoms with van der Waals surface area (Å²) in [5.74, 6) is 0.411. The molecule has 0 saturated heterocycles. The number of methoxy groups -OCH3 is 1. The summed E-state index contributed by atoms with van der Waals surface area (Å²) in [7, 11) is 1.56. The summed E-state index contributed by atoms with van der Waals surface area (Å²) in [4.78, 5) is 11.4. The maximum absolute atomic E-state index is 11.4. The van der Waals surface area contributed by atoms with Crippen LogP contribution in [0.4, 0.5) is 5.69 Å². The molecular weight excluding hydrogens is 228 g/mol. The zero-order chi connectivity index (χ0) is 11.4. The molecule has 4 nitrogen and oxygen atoms in total. The Bertz CT molecular complexity index is 367. The molecule has 0 heterocycles. The van der Waals surface area contributed by atoms with Gasteiger partial charge < -0.3 is 15.8 Å². The summed E-state index contributed by atoms with van der Waals surface area (Å²) in [5, 5.41) is 2.71. The van der Waals surface area contributed by atoms with E-state index in [9.17, 15) is 4.79 Å². The fraction of sp³-hybridized carbons (Fsp3) is 0.364. The van der Waals surface area contributed by atoms with Crippen molar-refractivity contribution in [3.63, 3.8) is 0 Å². The Hall–Kier alpha value is -1.26. The van der Waals surface area contributed by atoms with Gasteiger partial charge in [-0.3, -0.25) is 4.79 Å². The Labute approximate surface area is 102 Å². The van der Waals surface area contributed by atoms with Crippen molar-refractivity contribution in [3.05, 3.63) is 23.8 Å². The molecule has 0 fully saturated rings. The van der Waals surface area contributed by atoms with Crippen LogP contribution < -0.4 is 15.8 Å². The van der Waals surface area contributed by atoms with E-state index in [0.717, 1.165) is 5.56 Å². The van der Waals surface area contributed by atoms with Gasteiger partial charge >= 0.3 is 0 Å². The third kappa shape index (κ3) is 3.72. The van der Waals surface area contributed by atoms with E-state index in [2.05, 4.69) is 5.32 Å². The van der Waals surface area contributed by atoms with Crippen LogP contribution in [0, 0.1) is 6.92 Å². The van der Waals surface area contributed by atoms with Gasteiger partial charge in [-0.15, -0.1) is 12.4 Å². The molecule has 0 radical (unpaired) electrons. The second-order valence-electron chi connectivity index (χ2n) is 3.48. The zero-order valence-electron chi connectivity index (χ0n) is 9.61. The molecule has 3 N–H and O–H groups in total. The van der Waals surface area contributed by atoms with Gasteiger partial charge in [-0.1, -0.05) is 6.07 Å². The van der Waals surface area contributed by atoms with E-state index < -0.39 is 6.04 Å². The van der Waals surface area contributed by atoms with E-state index in [-0.39, 0.29) is 18.3 Å². The standard InChI is InChI=1S/C11H16N2O2.ClH/c1-7-4-5-10(15-3)9(6-7)13-11(14)8(2)12;/h4-6,8H,12H2,1-3H3,(H,13,14);1H/t8-;/m0./s1. The molecule has 0 spiro atoms. The van der Waals surface area contributed by atoms with Gasteiger partial charge in [0.25, 0.3) is 0 Å². The molecule has 5 heteroatoms. The Morgan fingerprint density at radius 2 is 2.12 bits per heavy atom. The molecule has 1 atom stereocenters. The van der Waals surface area contributed by atoms with Crippen molar-refractivity contribution in [2.45, 2.75) is 19.9 Å². The number of rotatable bonds is 3. The molecule has 90 valence electrons. The number of anilines is 1. The van der Waals surface area contributed by atoms with Gasteiger partial charge in [0.05, 0.1) is 18.8 Å². The van der Waals surface area contributed by atoms with Gasteiger partial charge in [0, 0.05) is 0 Å². The lowest BCUT2D eigenvalue weighted by Crippen LogP contribution is -2.32.